The minimum Gasteiger partial charge on any atom is -0.350 e. The highest BCUT2D eigenvalue weighted by Crippen LogP contribution is 2.61. The van der Waals surface area contributed by atoms with Crippen LogP contribution in [0.5, 0.6) is 0 Å². The zero-order valence-corrected chi connectivity index (χ0v) is 14.6. The maximum absolute atomic E-state index is 12.2. The molecule has 4 rings (SSSR count). The summed E-state index contributed by atoms with van der Waals surface area (Å²) in [6.07, 6.45) is 8.45. The Labute approximate surface area is 143 Å². The molecule has 6 atom stereocenters. The summed E-state index contributed by atoms with van der Waals surface area (Å²) < 4.78 is 0. The van der Waals surface area contributed by atoms with E-state index in [-0.39, 0.29) is 22.6 Å². The average molecular weight is 326 g/mol. The first-order valence-corrected chi connectivity index (χ1v) is 9.33. The normalized spacial score (nSPS) is 47.5. The third-order valence-corrected chi connectivity index (χ3v) is 7.72. The number of hydrogen-bond donors (Lipinski definition) is 1. The monoisotopic (exact) mass is 326 g/mol. The number of nitriles is 1. The lowest BCUT2D eigenvalue weighted by Gasteiger charge is -2.60. The maximum Gasteiger partial charge on any atom is 0.237 e. The number of allylic oxidation sites excluding steroid dienone is 2. The molecule has 1 heterocycles. The van der Waals surface area contributed by atoms with Crippen molar-refractivity contribution in [3.8, 4) is 6.07 Å². The van der Waals surface area contributed by atoms with Gasteiger partial charge in [0.2, 0.25) is 5.91 Å². The number of nitrogens with one attached hydrogen (secondary N) is 1. The molecule has 1 saturated heterocycles. The molecule has 4 nitrogen and oxygen atoms in total. The highest BCUT2D eigenvalue weighted by molar-refractivity contribution is 5.91. The predicted molar refractivity (Wildman–Crippen MR) is 89.6 cm³/mol. The average Bonchev–Trinajstić information content (AvgIpc) is 2.54. The Hall–Kier alpha value is -1.63. The highest BCUT2D eigenvalue weighted by atomic mass is 16.2. The van der Waals surface area contributed by atoms with E-state index < -0.39 is 5.92 Å². The van der Waals surface area contributed by atoms with Crippen molar-refractivity contribution in [3.63, 3.8) is 0 Å². The first-order valence-electron chi connectivity index (χ1n) is 9.33. The molecule has 4 heteroatoms. The summed E-state index contributed by atoms with van der Waals surface area (Å²) in [5, 5.41) is 12.5. The lowest BCUT2D eigenvalue weighted by molar-refractivity contribution is -0.136. The van der Waals surface area contributed by atoms with Crippen molar-refractivity contribution in [1.29, 1.82) is 5.26 Å². The number of nitrogens with zero attached hydrogens (tertiary/aromatic N) is 1. The summed E-state index contributed by atoms with van der Waals surface area (Å²) in [7, 11) is 0. The Morgan fingerprint density at radius 1 is 1.17 bits per heavy atom. The number of amides is 1. The summed E-state index contributed by atoms with van der Waals surface area (Å²) in [5.74, 6) is 1.22. The molecule has 3 aliphatic carbocycles. The van der Waals surface area contributed by atoms with Gasteiger partial charge in [0.25, 0.3) is 0 Å². The largest absolute Gasteiger partial charge is 0.350 e. The van der Waals surface area contributed by atoms with Crippen LogP contribution in [0.4, 0.5) is 0 Å². The molecule has 0 spiro atoms. The van der Waals surface area contributed by atoms with Crippen LogP contribution in [0.1, 0.15) is 58.8 Å². The second-order valence-corrected chi connectivity index (χ2v) is 8.83. The first kappa shape index (κ1) is 15.9. The van der Waals surface area contributed by atoms with E-state index in [2.05, 4.69) is 25.2 Å². The van der Waals surface area contributed by atoms with Gasteiger partial charge in [0.15, 0.2) is 5.78 Å². The molecule has 24 heavy (non-hydrogen) atoms. The molecule has 3 fully saturated rings. The van der Waals surface area contributed by atoms with Gasteiger partial charge in [-0.1, -0.05) is 12.5 Å². The number of fused-ring (bicyclic) bond motifs is 5. The van der Waals surface area contributed by atoms with E-state index in [1.54, 1.807) is 0 Å². The predicted octanol–water partition coefficient (Wildman–Crippen LogP) is 3.14. The number of ketones is 1. The third kappa shape index (κ3) is 2.10. The van der Waals surface area contributed by atoms with Crippen molar-refractivity contribution in [2.75, 3.05) is 0 Å². The number of hydrogen-bond acceptors (Lipinski definition) is 3. The lowest BCUT2D eigenvalue weighted by atomic mass is 9.47. The van der Waals surface area contributed by atoms with E-state index in [1.807, 2.05) is 6.08 Å². The van der Waals surface area contributed by atoms with Gasteiger partial charge in [-0.05, 0) is 74.7 Å². The van der Waals surface area contributed by atoms with E-state index >= 15 is 0 Å². The molecular formula is C20H26N2O2. The Kier molecular flexibility index (Phi) is 3.43. The molecule has 1 N–H and O–H groups in total. The van der Waals surface area contributed by atoms with Gasteiger partial charge in [0.1, 0.15) is 5.92 Å². The Balaban J connectivity index is 1.68. The summed E-state index contributed by atoms with van der Waals surface area (Å²) in [6.45, 7) is 4.53. The second-order valence-electron chi connectivity index (χ2n) is 8.83. The minimum absolute atomic E-state index is 0.0828. The van der Waals surface area contributed by atoms with Crippen LogP contribution >= 0.6 is 0 Å². The molecule has 0 bridgehead atoms. The van der Waals surface area contributed by atoms with E-state index in [0.717, 1.165) is 32.1 Å². The van der Waals surface area contributed by atoms with Crippen molar-refractivity contribution in [2.45, 2.75) is 64.3 Å². The zero-order chi connectivity index (χ0) is 17.1. The Morgan fingerprint density at radius 2 is 1.96 bits per heavy atom. The van der Waals surface area contributed by atoms with Crippen LogP contribution in [0.15, 0.2) is 11.6 Å². The van der Waals surface area contributed by atoms with Crippen molar-refractivity contribution in [3.05, 3.63) is 11.6 Å². The van der Waals surface area contributed by atoms with Gasteiger partial charge in [0, 0.05) is 12.0 Å². The maximum atomic E-state index is 12.2. The summed E-state index contributed by atoms with van der Waals surface area (Å²) in [4.78, 5) is 24.0. The van der Waals surface area contributed by atoms with E-state index in [0.29, 0.717) is 30.6 Å². The molecule has 1 amide bonds. The highest BCUT2D eigenvalue weighted by Gasteiger charge is 2.57. The number of carbonyl (C=O) groups is 2. The first-order chi connectivity index (χ1) is 11.4. The van der Waals surface area contributed by atoms with Crippen LogP contribution in [-0.2, 0) is 9.59 Å². The molecule has 2 saturated carbocycles. The molecule has 0 aromatic rings. The van der Waals surface area contributed by atoms with Crippen LogP contribution in [0.2, 0.25) is 0 Å². The molecular weight excluding hydrogens is 300 g/mol. The zero-order valence-electron chi connectivity index (χ0n) is 14.6. The molecule has 1 aliphatic heterocycles. The summed E-state index contributed by atoms with van der Waals surface area (Å²) in [6, 6.07) is 2.20. The minimum atomic E-state index is -0.500. The smallest absolute Gasteiger partial charge is 0.237 e. The standard InChI is InChI=1S/C20H26N2O2/c1-19-7-5-14(23)10-13(19)3-4-15-16(19)6-8-20(2)17(15)9-12(11-21)18(24)22-20/h10,12,15-17H,3-9H2,1-2H3,(H,22,24)/t12-,15-,16+,17-,19-,20-/m1/s1. The van der Waals surface area contributed by atoms with Gasteiger partial charge >= 0.3 is 0 Å². The van der Waals surface area contributed by atoms with Gasteiger partial charge in [-0.3, -0.25) is 9.59 Å². The van der Waals surface area contributed by atoms with Crippen molar-refractivity contribution in [2.24, 2.45) is 29.1 Å². The van der Waals surface area contributed by atoms with Gasteiger partial charge < -0.3 is 5.32 Å². The van der Waals surface area contributed by atoms with Crippen molar-refractivity contribution < 1.29 is 9.59 Å². The van der Waals surface area contributed by atoms with Gasteiger partial charge in [-0.2, -0.15) is 5.26 Å². The Morgan fingerprint density at radius 3 is 2.71 bits per heavy atom. The molecule has 0 unspecified atom stereocenters. The van der Waals surface area contributed by atoms with Crippen LogP contribution in [-0.4, -0.2) is 17.2 Å². The molecule has 128 valence electrons. The summed E-state index contributed by atoms with van der Waals surface area (Å²) in [5.41, 5.74) is 1.34. The molecule has 0 radical (unpaired) electrons. The SMILES string of the molecule is C[C@@]12CC[C@H]3[C@@H](CCC4=CC(=O)CC[C@]43C)[C@H]1C[C@H](C#N)C(=O)N2. The molecule has 4 aliphatic rings. The van der Waals surface area contributed by atoms with Crippen LogP contribution in [0, 0.1) is 40.4 Å². The number of carbonyl (C=O) groups excluding carboxylic acids is 2. The van der Waals surface area contributed by atoms with E-state index in [4.69, 9.17) is 0 Å². The summed E-state index contributed by atoms with van der Waals surface area (Å²) >= 11 is 0. The fourth-order valence-electron chi connectivity index (χ4n) is 6.31. The Bertz CT molecular complexity index is 676. The fourth-order valence-corrected chi connectivity index (χ4v) is 6.31. The third-order valence-electron chi connectivity index (χ3n) is 7.72. The number of piperidine rings is 1. The topological polar surface area (TPSA) is 70.0 Å². The second kappa shape index (κ2) is 5.18. The van der Waals surface area contributed by atoms with Crippen molar-refractivity contribution >= 4 is 11.7 Å². The quantitative estimate of drug-likeness (QED) is 0.743. The fraction of sp³-hybridized carbons (Fsp3) is 0.750. The molecule has 0 aromatic carbocycles. The van der Waals surface area contributed by atoms with Crippen LogP contribution < -0.4 is 5.32 Å². The lowest BCUT2D eigenvalue weighted by Crippen LogP contribution is -2.64. The van der Waals surface area contributed by atoms with Gasteiger partial charge in [0.05, 0.1) is 6.07 Å². The van der Waals surface area contributed by atoms with Crippen molar-refractivity contribution in [1.82, 2.24) is 5.32 Å². The van der Waals surface area contributed by atoms with Crippen LogP contribution in [0.3, 0.4) is 0 Å². The molecule has 0 aromatic heterocycles. The number of rotatable bonds is 0. The van der Waals surface area contributed by atoms with E-state index in [9.17, 15) is 14.9 Å². The van der Waals surface area contributed by atoms with Gasteiger partial charge in [-0.25, -0.2) is 0 Å². The van der Waals surface area contributed by atoms with Gasteiger partial charge in [-0.15, -0.1) is 0 Å². The van der Waals surface area contributed by atoms with E-state index in [1.165, 1.54) is 5.57 Å². The van der Waals surface area contributed by atoms with Crippen LogP contribution in [0.25, 0.3) is 0 Å².